The summed E-state index contributed by atoms with van der Waals surface area (Å²) < 4.78 is 0. The van der Waals surface area contributed by atoms with E-state index in [1.54, 1.807) is 12.1 Å². The number of rotatable bonds is 3. The van der Waals surface area contributed by atoms with Gasteiger partial charge in [0.15, 0.2) is 5.78 Å². The summed E-state index contributed by atoms with van der Waals surface area (Å²) in [5.41, 5.74) is 1.69. The summed E-state index contributed by atoms with van der Waals surface area (Å²) in [5.74, 6) is -1.81. The van der Waals surface area contributed by atoms with E-state index < -0.39 is 11.8 Å². The molecule has 0 unspecified atom stereocenters. The fraction of sp³-hybridized carbons (Fsp3) is 0.154. The third-order valence-electron chi connectivity index (χ3n) is 2.70. The monoisotopic (exact) mass is 245 g/mol. The number of nitrogens with one attached hydrogen (secondary N) is 1. The number of hydrogen-bond acceptors (Lipinski definition) is 3. The fourth-order valence-electron chi connectivity index (χ4n) is 1.81. The molecule has 0 aromatic heterocycles. The number of carboxylic acids is 1. The van der Waals surface area contributed by atoms with E-state index in [9.17, 15) is 14.4 Å². The molecule has 0 saturated heterocycles. The maximum absolute atomic E-state index is 11.7. The molecule has 0 fully saturated rings. The lowest BCUT2D eigenvalue weighted by atomic mass is 9.96. The van der Waals surface area contributed by atoms with Crippen LogP contribution in [0.4, 0.5) is 0 Å². The Kier molecular flexibility index (Phi) is 3.23. The average Bonchev–Trinajstić information content (AvgIpc) is 2.36. The predicted molar refractivity (Wildman–Crippen MR) is 63.6 cm³/mol. The molecule has 0 radical (unpaired) electrons. The number of ketones is 1. The van der Waals surface area contributed by atoms with Gasteiger partial charge in [0.1, 0.15) is 0 Å². The van der Waals surface area contributed by atoms with Crippen LogP contribution in [0, 0.1) is 0 Å². The lowest BCUT2D eigenvalue weighted by molar-refractivity contribution is -0.131. The summed E-state index contributed by atoms with van der Waals surface area (Å²) >= 11 is 0. The molecule has 5 nitrogen and oxygen atoms in total. The minimum absolute atomic E-state index is 0.201. The Bertz CT molecular complexity index is 560. The van der Waals surface area contributed by atoms with Gasteiger partial charge >= 0.3 is 5.97 Å². The highest BCUT2D eigenvalue weighted by Crippen LogP contribution is 2.16. The third-order valence-corrected chi connectivity index (χ3v) is 2.70. The molecule has 0 bridgehead atoms. The fourth-order valence-corrected chi connectivity index (χ4v) is 1.81. The molecule has 0 aliphatic carbocycles. The Morgan fingerprint density at radius 2 is 2.06 bits per heavy atom. The zero-order valence-electron chi connectivity index (χ0n) is 9.47. The SMILES string of the molecule is O=C(O)C=CC(=O)c1ccc2c(c1)C(=O)NCC2. The van der Waals surface area contributed by atoms with E-state index in [4.69, 9.17) is 5.11 Å². The Morgan fingerprint density at radius 1 is 1.28 bits per heavy atom. The van der Waals surface area contributed by atoms with E-state index in [1.807, 2.05) is 0 Å². The standard InChI is InChI=1S/C13H11NO4/c15-11(3-4-12(16)17)9-2-1-8-5-6-14-13(18)10(8)7-9/h1-4,7H,5-6H2,(H,14,18)(H,16,17). The van der Waals surface area contributed by atoms with Crippen molar-refractivity contribution in [1.82, 2.24) is 5.32 Å². The maximum Gasteiger partial charge on any atom is 0.328 e. The van der Waals surface area contributed by atoms with Gasteiger partial charge in [0.2, 0.25) is 0 Å². The Balaban J connectivity index is 2.31. The summed E-state index contributed by atoms with van der Waals surface area (Å²) in [7, 11) is 0. The number of hydrogen-bond donors (Lipinski definition) is 2. The first-order chi connectivity index (χ1) is 8.58. The molecule has 1 aromatic carbocycles. The molecule has 2 N–H and O–H groups in total. The number of benzene rings is 1. The van der Waals surface area contributed by atoms with E-state index in [1.165, 1.54) is 6.07 Å². The smallest absolute Gasteiger partial charge is 0.328 e. The van der Waals surface area contributed by atoms with Crippen molar-refractivity contribution in [3.63, 3.8) is 0 Å². The van der Waals surface area contributed by atoms with Crippen LogP contribution < -0.4 is 5.32 Å². The normalized spacial score (nSPS) is 14.1. The number of carbonyl (C=O) groups is 3. The number of carboxylic acid groups (broad SMARTS) is 1. The molecule has 92 valence electrons. The molecule has 2 rings (SSSR count). The van der Waals surface area contributed by atoms with Gasteiger partial charge in [-0.05, 0) is 24.1 Å². The molecule has 1 aliphatic heterocycles. The molecule has 0 atom stereocenters. The van der Waals surface area contributed by atoms with Crippen molar-refractivity contribution in [1.29, 1.82) is 0 Å². The minimum Gasteiger partial charge on any atom is -0.478 e. The van der Waals surface area contributed by atoms with Gasteiger partial charge in [0.25, 0.3) is 5.91 Å². The van der Waals surface area contributed by atoms with Crippen LogP contribution in [0.3, 0.4) is 0 Å². The number of aliphatic carboxylic acids is 1. The largest absolute Gasteiger partial charge is 0.478 e. The number of amides is 1. The van der Waals surface area contributed by atoms with E-state index in [2.05, 4.69) is 5.32 Å². The van der Waals surface area contributed by atoms with Gasteiger partial charge in [-0.2, -0.15) is 0 Å². The minimum atomic E-state index is -1.18. The summed E-state index contributed by atoms with van der Waals surface area (Å²) in [6, 6.07) is 4.83. The van der Waals surface area contributed by atoms with E-state index >= 15 is 0 Å². The zero-order chi connectivity index (χ0) is 13.1. The lowest BCUT2D eigenvalue weighted by Gasteiger charge is -2.16. The van der Waals surface area contributed by atoms with Crippen molar-refractivity contribution in [2.75, 3.05) is 6.54 Å². The lowest BCUT2D eigenvalue weighted by Crippen LogP contribution is -2.31. The van der Waals surface area contributed by atoms with Gasteiger partial charge in [-0.3, -0.25) is 9.59 Å². The van der Waals surface area contributed by atoms with Gasteiger partial charge in [-0.15, -0.1) is 0 Å². The second-order valence-corrected chi connectivity index (χ2v) is 3.91. The summed E-state index contributed by atoms with van der Waals surface area (Å²) in [5, 5.41) is 11.1. The van der Waals surface area contributed by atoms with Crippen molar-refractivity contribution >= 4 is 17.7 Å². The van der Waals surface area contributed by atoms with Crippen LogP contribution >= 0.6 is 0 Å². The third kappa shape index (κ3) is 2.45. The van der Waals surface area contributed by atoms with Gasteiger partial charge in [0.05, 0.1) is 0 Å². The van der Waals surface area contributed by atoms with Crippen molar-refractivity contribution in [2.45, 2.75) is 6.42 Å². The first kappa shape index (κ1) is 12.0. The molecule has 1 aromatic rings. The molecular weight excluding hydrogens is 234 g/mol. The van der Waals surface area contributed by atoms with Crippen molar-refractivity contribution in [2.24, 2.45) is 0 Å². The predicted octanol–water partition coefficient (Wildman–Crippen LogP) is 0.796. The molecule has 1 heterocycles. The van der Waals surface area contributed by atoms with E-state index in [0.29, 0.717) is 17.7 Å². The highest BCUT2D eigenvalue weighted by atomic mass is 16.4. The molecule has 0 saturated carbocycles. The van der Waals surface area contributed by atoms with Gasteiger partial charge in [0, 0.05) is 23.7 Å². The Hall–Kier alpha value is -2.43. The number of fused-ring (bicyclic) bond motifs is 1. The Morgan fingerprint density at radius 3 is 2.78 bits per heavy atom. The van der Waals surface area contributed by atoms with Crippen molar-refractivity contribution < 1.29 is 19.5 Å². The topological polar surface area (TPSA) is 83.5 Å². The van der Waals surface area contributed by atoms with Crippen molar-refractivity contribution in [3.8, 4) is 0 Å². The average molecular weight is 245 g/mol. The van der Waals surface area contributed by atoms with Crippen LogP contribution in [0.15, 0.2) is 30.4 Å². The van der Waals surface area contributed by atoms with Crippen LogP contribution in [-0.2, 0) is 11.2 Å². The molecule has 5 heteroatoms. The first-order valence-corrected chi connectivity index (χ1v) is 5.44. The quantitative estimate of drug-likeness (QED) is 0.609. The number of allylic oxidation sites excluding steroid dienone is 1. The summed E-state index contributed by atoms with van der Waals surface area (Å²) in [6.07, 6.45) is 2.49. The molecule has 0 spiro atoms. The molecule has 1 amide bonds. The maximum atomic E-state index is 11.7. The van der Waals surface area contributed by atoms with Crippen LogP contribution in [0.1, 0.15) is 26.3 Å². The van der Waals surface area contributed by atoms with E-state index in [-0.39, 0.29) is 5.91 Å². The second-order valence-electron chi connectivity index (χ2n) is 3.91. The number of carbonyl (C=O) groups excluding carboxylic acids is 2. The molecule has 18 heavy (non-hydrogen) atoms. The Labute approximate surface area is 103 Å². The van der Waals surface area contributed by atoms with Crippen molar-refractivity contribution in [3.05, 3.63) is 47.0 Å². The summed E-state index contributed by atoms with van der Waals surface area (Å²) in [4.78, 5) is 33.6. The van der Waals surface area contributed by atoms with Gasteiger partial charge in [-0.25, -0.2) is 4.79 Å². The zero-order valence-corrected chi connectivity index (χ0v) is 9.47. The van der Waals surface area contributed by atoms with Crippen LogP contribution in [0.2, 0.25) is 0 Å². The molecule has 1 aliphatic rings. The second kappa shape index (κ2) is 4.83. The van der Waals surface area contributed by atoms with Crippen LogP contribution in [-0.4, -0.2) is 29.3 Å². The van der Waals surface area contributed by atoms with Gasteiger partial charge < -0.3 is 10.4 Å². The summed E-state index contributed by atoms with van der Waals surface area (Å²) in [6.45, 7) is 0.595. The highest BCUT2D eigenvalue weighted by Gasteiger charge is 2.17. The van der Waals surface area contributed by atoms with Crippen LogP contribution in [0.5, 0.6) is 0 Å². The molecular formula is C13H11NO4. The van der Waals surface area contributed by atoms with Crippen LogP contribution in [0.25, 0.3) is 0 Å². The highest BCUT2D eigenvalue weighted by molar-refractivity contribution is 6.08. The van der Waals surface area contributed by atoms with E-state index in [0.717, 1.165) is 24.1 Å². The first-order valence-electron chi connectivity index (χ1n) is 5.44. The van der Waals surface area contributed by atoms with Gasteiger partial charge in [-0.1, -0.05) is 12.1 Å².